The van der Waals surface area contributed by atoms with Crippen molar-refractivity contribution in [3.8, 4) is 0 Å². The summed E-state index contributed by atoms with van der Waals surface area (Å²) in [6, 6.07) is 11.6. The molecule has 0 aliphatic rings. The van der Waals surface area contributed by atoms with Gasteiger partial charge in [0.15, 0.2) is 0 Å². The molecule has 2 rings (SSSR count). The van der Waals surface area contributed by atoms with E-state index in [0.717, 1.165) is 10.6 Å². The van der Waals surface area contributed by atoms with Gasteiger partial charge in [-0.3, -0.25) is 9.10 Å². The zero-order chi connectivity index (χ0) is 17.9. The zero-order valence-electron chi connectivity index (χ0n) is 13.1. The van der Waals surface area contributed by atoms with Crippen molar-refractivity contribution >= 4 is 50.5 Å². The van der Waals surface area contributed by atoms with Crippen LogP contribution in [0.5, 0.6) is 0 Å². The van der Waals surface area contributed by atoms with Gasteiger partial charge in [-0.05, 0) is 36.8 Å². The number of halogens is 2. The summed E-state index contributed by atoms with van der Waals surface area (Å²) in [6.45, 7) is 1.31. The Morgan fingerprint density at radius 2 is 1.71 bits per heavy atom. The topological polar surface area (TPSA) is 66.5 Å². The highest BCUT2D eigenvalue weighted by molar-refractivity contribution is 7.92. The summed E-state index contributed by atoms with van der Waals surface area (Å²) in [7, 11) is -3.67. The molecule has 128 valence electrons. The number of nitrogens with one attached hydrogen (secondary N) is 1. The molecule has 1 amide bonds. The Morgan fingerprint density at radius 3 is 2.33 bits per heavy atom. The third-order valence-corrected chi connectivity index (χ3v) is 5.21. The molecule has 24 heavy (non-hydrogen) atoms. The van der Waals surface area contributed by atoms with Crippen LogP contribution in [0.4, 0.5) is 11.4 Å². The van der Waals surface area contributed by atoms with E-state index in [4.69, 9.17) is 23.2 Å². The molecular weight excluding hydrogens is 371 g/mol. The summed E-state index contributed by atoms with van der Waals surface area (Å²) in [6.07, 6.45) is 1.04. The number of nitrogens with zero attached hydrogens (tertiary/aromatic N) is 1. The second-order valence-electron chi connectivity index (χ2n) is 5.18. The van der Waals surface area contributed by atoms with E-state index in [1.54, 1.807) is 49.4 Å². The van der Waals surface area contributed by atoms with Gasteiger partial charge in [0, 0.05) is 5.02 Å². The van der Waals surface area contributed by atoms with Crippen LogP contribution in [0.25, 0.3) is 0 Å². The van der Waals surface area contributed by atoms with Gasteiger partial charge >= 0.3 is 0 Å². The van der Waals surface area contributed by atoms with Crippen LogP contribution in [0.3, 0.4) is 0 Å². The minimum atomic E-state index is -3.67. The summed E-state index contributed by atoms with van der Waals surface area (Å²) in [5.41, 5.74) is 1.36. The van der Waals surface area contributed by atoms with Gasteiger partial charge in [0.05, 0.1) is 22.7 Å². The zero-order valence-corrected chi connectivity index (χ0v) is 15.4. The van der Waals surface area contributed by atoms with Crippen LogP contribution in [-0.2, 0) is 14.8 Å². The Labute approximate surface area is 151 Å². The molecule has 1 N–H and O–H groups in total. The third-order valence-electron chi connectivity index (χ3n) is 3.34. The summed E-state index contributed by atoms with van der Waals surface area (Å²) < 4.78 is 25.3. The van der Waals surface area contributed by atoms with E-state index in [-0.39, 0.29) is 6.54 Å². The predicted octanol–water partition coefficient (Wildman–Crippen LogP) is 3.71. The van der Waals surface area contributed by atoms with Gasteiger partial charge in [-0.25, -0.2) is 8.42 Å². The molecule has 0 fully saturated rings. The number of rotatable bonds is 5. The Morgan fingerprint density at radius 1 is 1.08 bits per heavy atom. The van der Waals surface area contributed by atoms with Gasteiger partial charge in [0.25, 0.3) is 0 Å². The van der Waals surface area contributed by atoms with Gasteiger partial charge in [0.2, 0.25) is 15.9 Å². The maximum absolute atomic E-state index is 12.3. The number of carbonyl (C=O) groups is 1. The molecule has 0 bridgehead atoms. The predicted molar refractivity (Wildman–Crippen MR) is 98.5 cm³/mol. The van der Waals surface area contributed by atoms with E-state index in [9.17, 15) is 13.2 Å². The van der Waals surface area contributed by atoms with Gasteiger partial charge in [-0.1, -0.05) is 41.4 Å². The van der Waals surface area contributed by atoms with E-state index >= 15 is 0 Å². The lowest BCUT2D eigenvalue weighted by molar-refractivity contribution is -0.114. The fourth-order valence-corrected chi connectivity index (χ4v) is 3.39. The average molecular weight is 387 g/mol. The third kappa shape index (κ3) is 4.41. The van der Waals surface area contributed by atoms with E-state index < -0.39 is 15.9 Å². The van der Waals surface area contributed by atoms with Crippen LogP contribution in [0.1, 0.15) is 5.56 Å². The van der Waals surface area contributed by atoms with Crippen molar-refractivity contribution in [3.63, 3.8) is 0 Å². The number of hydrogen-bond acceptors (Lipinski definition) is 3. The highest BCUT2D eigenvalue weighted by Gasteiger charge is 2.23. The molecule has 0 radical (unpaired) electrons. The molecule has 0 unspecified atom stereocenters. The maximum atomic E-state index is 12.3. The molecule has 2 aromatic carbocycles. The van der Waals surface area contributed by atoms with Crippen molar-refractivity contribution in [1.82, 2.24) is 0 Å². The molecule has 5 nitrogen and oxygen atoms in total. The number of carbonyl (C=O) groups excluding carboxylic acids is 1. The van der Waals surface area contributed by atoms with E-state index in [1.165, 1.54) is 0 Å². The fraction of sp³-hybridized carbons (Fsp3) is 0.188. The van der Waals surface area contributed by atoms with Crippen molar-refractivity contribution in [3.05, 3.63) is 58.1 Å². The van der Waals surface area contributed by atoms with Crippen molar-refractivity contribution in [1.29, 1.82) is 0 Å². The minimum Gasteiger partial charge on any atom is -0.323 e. The molecule has 0 saturated carbocycles. The molecule has 0 aliphatic carbocycles. The van der Waals surface area contributed by atoms with Gasteiger partial charge < -0.3 is 5.32 Å². The standard InChI is InChI=1S/C16H16Cl2N2O3S/c1-11-12(17)7-5-9-15(11)20(24(2,22)23)10-16(21)19-14-8-4-3-6-13(14)18/h3-9H,10H2,1-2H3,(H,19,21). The normalized spacial score (nSPS) is 11.2. The molecule has 0 atom stereocenters. The molecule has 8 heteroatoms. The molecule has 0 aromatic heterocycles. The quantitative estimate of drug-likeness (QED) is 0.851. The fourth-order valence-electron chi connectivity index (χ4n) is 2.13. The molecule has 0 aliphatic heterocycles. The van der Waals surface area contributed by atoms with Crippen molar-refractivity contribution < 1.29 is 13.2 Å². The molecule has 0 heterocycles. The van der Waals surface area contributed by atoms with E-state index in [1.807, 2.05) is 0 Å². The first-order chi connectivity index (χ1) is 11.2. The largest absolute Gasteiger partial charge is 0.323 e. The van der Waals surface area contributed by atoms with Gasteiger partial charge in [-0.15, -0.1) is 0 Å². The Hall–Kier alpha value is -1.76. The first kappa shape index (κ1) is 18.6. The maximum Gasteiger partial charge on any atom is 0.245 e. The van der Waals surface area contributed by atoms with Gasteiger partial charge in [-0.2, -0.15) is 0 Å². The lowest BCUT2D eigenvalue weighted by Crippen LogP contribution is -2.37. The second kappa shape index (κ2) is 7.42. The van der Waals surface area contributed by atoms with Crippen molar-refractivity contribution in [2.24, 2.45) is 0 Å². The summed E-state index contributed by atoms with van der Waals surface area (Å²) >= 11 is 12.0. The van der Waals surface area contributed by atoms with Crippen LogP contribution in [0.15, 0.2) is 42.5 Å². The molecule has 0 saturated heterocycles. The lowest BCUT2D eigenvalue weighted by atomic mass is 10.2. The van der Waals surface area contributed by atoms with Crippen LogP contribution < -0.4 is 9.62 Å². The smallest absolute Gasteiger partial charge is 0.245 e. The summed E-state index contributed by atoms with van der Waals surface area (Å²) in [4.78, 5) is 12.3. The SMILES string of the molecule is Cc1c(Cl)cccc1N(CC(=O)Nc1ccccc1Cl)S(C)(=O)=O. The van der Waals surface area contributed by atoms with Crippen LogP contribution in [0.2, 0.25) is 10.0 Å². The Kier molecular flexibility index (Phi) is 5.74. The number of anilines is 2. The highest BCUT2D eigenvalue weighted by Crippen LogP contribution is 2.28. The first-order valence-electron chi connectivity index (χ1n) is 6.97. The Balaban J connectivity index is 2.29. The lowest BCUT2D eigenvalue weighted by Gasteiger charge is -2.24. The van der Waals surface area contributed by atoms with E-state index in [2.05, 4.69) is 5.32 Å². The molecule has 2 aromatic rings. The van der Waals surface area contributed by atoms with Crippen molar-refractivity contribution in [2.75, 3.05) is 22.4 Å². The number of amides is 1. The first-order valence-corrected chi connectivity index (χ1v) is 9.58. The highest BCUT2D eigenvalue weighted by atomic mass is 35.5. The van der Waals surface area contributed by atoms with Crippen LogP contribution in [0, 0.1) is 6.92 Å². The van der Waals surface area contributed by atoms with Crippen LogP contribution in [-0.4, -0.2) is 27.1 Å². The summed E-state index contributed by atoms with van der Waals surface area (Å²) in [5, 5.41) is 3.40. The number of benzene rings is 2. The molecule has 0 spiro atoms. The second-order valence-corrected chi connectivity index (χ2v) is 7.90. The summed E-state index contributed by atoms with van der Waals surface area (Å²) in [5.74, 6) is -0.507. The average Bonchev–Trinajstić information content (AvgIpc) is 2.49. The van der Waals surface area contributed by atoms with Crippen molar-refractivity contribution in [2.45, 2.75) is 6.92 Å². The number of hydrogen-bond donors (Lipinski definition) is 1. The van der Waals surface area contributed by atoms with E-state index in [0.29, 0.717) is 27.0 Å². The Bertz CT molecular complexity index is 869. The molecular formula is C16H16Cl2N2O3S. The number of para-hydroxylation sites is 1. The van der Waals surface area contributed by atoms with Gasteiger partial charge in [0.1, 0.15) is 6.54 Å². The van der Waals surface area contributed by atoms with Crippen LogP contribution >= 0.6 is 23.2 Å². The minimum absolute atomic E-state index is 0.360. The number of sulfonamides is 1. The monoisotopic (exact) mass is 386 g/mol.